The second-order valence-corrected chi connectivity index (χ2v) is 23.3. The summed E-state index contributed by atoms with van der Waals surface area (Å²) in [5.41, 5.74) is 4.04. The van der Waals surface area contributed by atoms with Crippen LogP contribution >= 0.6 is 11.7 Å². The van der Waals surface area contributed by atoms with Gasteiger partial charge in [0.25, 0.3) is 47.3 Å². The minimum atomic E-state index is -0.532. The maximum Gasteiger partial charge on any atom is 0.262 e. The van der Waals surface area contributed by atoms with Gasteiger partial charge in [0, 0.05) is 92.2 Å². The van der Waals surface area contributed by atoms with Gasteiger partial charge in [-0.05, 0) is 73.2 Å². The molecule has 0 saturated heterocycles. The third kappa shape index (κ3) is 10.6. The highest BCUT2D eigenvalue weighted by atomic mass is 32.1. The molecule has 5 heterocycles. The van der Waals surface area contributed by atoms with E-state index >= 15 is 9.59 Å². The molecule has 0 spiro atoms. The van der Waals surface area contributed by atoms with Crippen LogP contribution in [0.1, 0.15) is 265 Å². The smallest absolute Gasteiger partial charge is 0.262 e. The van der Waals surface area contributed by atoms with Crippen LogP contribution in [0.2, 0.25) is 0 Å². The van der Waals surface area contributed by atoms with E-state index in [1.165, 1.54) is 19.6 Å². The van der Waals surface area contributed by atoms with Crippen molar-refractivity contribution < 1.29 is 38.4 Å². The first-order valence-electron chi connectivity index (χ1n) is 30.5. The summed E-state index contributed by atoms with van der Waals surface area (Å²) in [4.78, 5) is 124. The molecule has 424 valence electrons. The molecule has 0 bridgehead atoms. The van der Waals surface area contributed by atoms with E-state index in [0.29, 0.717) is 59.0 Å². The Morgan fingerprint density at radius 1 is 0.284 bits per heavy atom. The molecule has 0 radical (unpaired) electrons. The Kier molecular flexibility index (Phi) is 18.0. The zero-order chi connectivity index (χ0) is 56.9. The number of amides is 8. The Morgan fingerprint density at radius 2 is 0.531 bits per heavy atom. The van der Waals surface area contributed by atoms with E-state index in [-0.39, 0.29) is 92.2 Å². The van der Waals surface area contributed by atoms with Gasteiger partial charge in [-0.1, -0.05) is 168 Å². The Morgan fingerprint density at radius 3 is 0.840 bits per heavy atom. The van der Waals surface area contributed by atoms with Crippen molar-refractivity contribution in [2.75, 3.05) is 26.2 Å². The van der Waals surface area contributed by atoms with Gasteiger partial charge in [-0.2, -0.15) is 8.75 Å². The standard InChI is InChI=1S/C66H76N6O8S/c1-5-9-13-17-21-25-35-69-59(73)43-31-33-45-53-51(43)49(63(69)77)39-47(55(53)65(79)71(61(45)75)37-27-23-19-15-11-7-3)41-29-30-42(58-57(41)67-81-68-58)48-40-50-52-44(60(74)70(64(50)78)36-26-22-18-14-10-6-2)32-34-46-54(52)56(48)66(80)72(62(46)76)38-28-24-20-16-12-8-4/h29-34,39-40H,5-28,35-38H2,1-4H3. The number of unbranched alkanes of at least 4 members (excludes halogenated alkanes) is 20. The number of imide groups is 4. The molecule has 6 aromatic rings. The first-order chi connectivity index (χ1) is 39.5. The van der Waals surface area contributed by atoms with Crippen LogP contribution in [0.5, 0.6) is 0 Å². The van der Waals surface area contributed by atoms with E-state index in [2.05, 4.69) is 27.7 Å². The van der Waals surface area contributed by atoms with Gasteiger partial charge in [0.15, 0.2) is 0 Å². The monoisotopic (exact) mass is 1110 g/mol. The molecule has 4 aliphatic heterocycles. The lowest BCUT2D eigenvalue weighted by molar-refractivity contribution is 0.0586. The van der Waals surface area contributed by atoms with Crippen molar-refractivity contribution in [3.63, 3.8) is 0 Å². The SMILES string of the molecule is CCCCCCCCN1C(=O)c2ccc3c4c(c(-c5ccc(-c6cc7c8c(ccc9c8c6C(=O)N(CCCCCCCC)C9=O)C(=O)N(CCCCCCCC)C7=O)c6nsnc56)cc(c24)C1=O)C(=O)N(CCCCCCCC)C3=O. The number of hydrogen-bond donors (Lipinski definition) is 0. The van der Waals surface area contributed by atoms with Gasteiger partial charge in [-0.3, -0.25) is 58.0 Å². The normalized spacial score (nSPS) is 14.9. The summed E-state index contributed by atoms with van der Waals surface area (Å²) in [5.74, 6) is -3.94. The van der Waals surface area contributed by atoms with E-state index in [0.717, 1.165) is 140 Å². The molecule has 8 amide bonds. The molecule has 81 heavy (non-hydrogen) atoms. The van der Waals surface area contributed by atoms with Crippen molar-refractivity contribution in [2.45, 2.75) is 182 Å². The summed E-state index contributed by atoms with van der Waals surface area (Å²) < 4.78 is 9.75. The third-order valence-electron chi connectivity index (χ3n) is 17.3. The third-order valence-corrected chi connectivity index (χ3v) is 17.8. The van der Waals surface area contributed by atoms with Gasteiger partial charge in [0.2, 0.25) is 0 Å². The molecular weight excluding hydrogens is 1040 g/mol. The molecular formula is C66H76N6O8S. The summed E-state index contributed by atoms with van der Waals surface area (Å²) >= 11 is 0.924. The van der Waals surface area contributed by atoms with Crippen molar-refractivity contribution >= 4 is 91.6 Å². The summed E-state index contributed by atoms with van der Waals surface area (Å²) in [6, 6.07) is 13.4. The lowest BCUT2D eigenvalue weighted by atomic mass is 9.80. The topological polar surface area (TPSA) is 175 Å². The number of fused-ring (bicyclic) bond motifs is 1. The van der Waals surface area contributed by atoms with E-state index < -0.39 is 47.3 Å². The number of benzene rings is 5. The lowest BCUT2D eigenvalue weighted by Gasteiger charge is -2.33. The summed E-state index contributed by atoms with van der Waals surface area (Å²) in [6.07, 6.45) is 22.9. The molecule has 0 atom stereocenters. The van der Waals surface area contributed by atoms with Crippen molar-refractivity contribution in [3.8, 4) is 22.3 Å². The van der Waals surface area contributed by atoms with Crippen LogP contribution in [-0.2, 0) is 0 Å². The second-order valence-electron chi connectivity index (χ2n) is 22.8. The van der Waals surface area contributed by atoms with Crippen molar-refractivity contribution in [2.24, 2.45) is 0 Å². The van der Waals surface area contributed by atoms with Crippen LogP contribution in [0.25, 0.3) is 54.8 Å². The second kappa shape index (κ2) is 25.4. The van der Waals surface area contributed by atoms with Gasteiger partial charge < -0.3 is 0 Å². The van der Waals surface area contributed by atoms with Crippen LogP contribution < -0.4 is 0 Å². The van der Waals surface area contributed by atoms with E-state index in [4.69, 9.17) is 8.75 Å². The number of rotatable bonds is 30. The number of carbonyl (C=O) groups is 8. The first-order valence-corrected chi connectivity index (χ1v) is 31.2. The average Bonchev–Trinajstić information content (AvgIpc) is 2.79. The van der Waals surface area contributed by atoms with Crippen molar-refractivity contribution in [3.05, 3.63) is 93.0 Å². The van der Waals surface area contributed by atoms with Crippen molar-refractivity contribution in [1.29, 1.82) is 0 Å². The van der Waals surface area contributed by atoms with Crippen LogP contribution in [0, 0.1) is 0 Å². The zero-order valence-electron chi connectivity index (χ0n) is 47.8. The number of nitrogens with zero attached hydrogens (tertiary/aromatic N) is 6. The van der Waals surface area contributed by atoms with E-state index in [1.54, 1.807) is 48.5 Å². The Labute approximate surface area is 479 Å². The highest BCUT2D eigenvalue weighted by Crippen LogP contribution is 2.48. The van der Waals surface area contributed by atoms with Crippen LogP contribution in [0.4, 0.5) is 0 Å². The van der Waals surface area contributed by atoms with Crippen molar-refractivity contribution in [1.82, 2.24) is 28.3 Å². The first kappa shape index (κ1) is 57.2. The summed E-state index contributed by atoms with van der Waals surface area (Å²) in [7, 11) is 0. The predicted molar refractivity (Wildman–Crippen MR) is 318 cm³/mol. The number of aromatic nitrogens is 2. The number of carbonyl (C=O) groups excluding carboxylic acids is 8. The minimum Gasteiger partial charge on any atom is -0.274 e. The molecule has 0 aliphatic carbocycles. The van der Waals surface area contributed by atoms with E-state index in [9.17, 15) is 28.8 Å². The molecule has 4 aliphatic rings. The van der Waals surface area contributed by atoms with Gasteiger partial charge in [0.05, 0.1) is 22.9 Å². The molecule has 14 nitrogen and oxygen atoms in total. The molecule has 0 fully saturated rings. The molecule has 1 aromatic heterocycles. The number of hydrogen-bond acceptors (Lipinski definition) is 11. The molecule has 5 aromatic carbocycles. The fourth-order valence-electron chi connectivity index (χ4n) is 12.9. The average molecular weight is 1110 g/mol. The van der Waals surface area contributed by atoms with Gasteiger partial charge >= 0.3 is 0 Å². The Balaban J connectivity index is 1.12. The highest BCUT2D eigenvalue weighted by Gasteiger charge is 2.44. The maximum atomic E-state index is 15.3. The molecule has 0 unspecified atom stereocenters. The Bertz CT molecular complexity index is 3280. The van der Waals surface area contributed by atoms with Gasteiger partial charge in [0.1, 0.15) is 11.0 Å². The summed E-state index contributed by atoms with van der Waals surface area (Å²) in [6.45, 7) is 9.43. The molecule has 0 saturated carbocycles. The van der Waals surface area contributed by atoms with Crippen LogP contribution in [0.15, 0.2) is 48.5 Å². The van der Waals surface area contributed by atoms with Gasteiger partial charge in [-0.25, -0.2) is 0 Å². The van der Waals surface area contributed by atoms with Crippen LogP contribution in [0.3, 0.4) is 0 Å². The lowest BCUT2D eigenvalue weighted by Crippen LogP contribution is -2.44. The molecule has 15 heteroatoms. The minimum absolute atomic E-state index is 0.186. The Hall–Kier alpha value is -7.00. The van der Waals surface area contributed by atoms with Crippen LogP contribution in [-0.4, -0.2) is 102 Å². The quantitative estimate of drug-likeness (QED) is 0.0312. The largest absolute Gasteiger partial charge is 0.274 e. The van der Waals surface area contributed by atoms with E-state index in [1.807, 2.05) is 0 Å². The van der Waals surface area contributed by atoms with Gasteiger partial charge in [-0.15, -0.1) is 0 Å². The maximum absolute atomic E-state index is 15.3. The summed E-state index contributed by atoms with van der Waals surface area (Å²) in [5, 5.41) is 1.10. The molecule has 0 N–H and O–H groups in total. The zero-order valence-corrected chi connectivity index (χ0v) is 48.6. The predicted octanol–water partition coefficient (Wildman–Crippen LogP) is 15.2. The molecule has 10 rings (SSSR count). The highest BCUT2D eigenvalue weighted by molar-refractivity contribution is 7.00. The fourth-order valence-corrected chi connectivity index (χ4v) is 13.4. The fraction of sp³-hybridized carbons (Fsp3) is 0.485.